The predicted molar refractivity (Wildman–Crippen MR) is 46.4 cm³/mol. The maximum Gasteiger partial charge on any atom is 0.310 e. The van der Waals surface area contributed by atoms with Gasteiger partial charge in [-0.25, -0.2) is 0 Å². The average Bonchev–Trinajstić information content (AvgIpc) is 2.45. The lowest BCUT2D eigenvalue weighted by Gasteiger charge is -2.42. The van der Waals surface area contributed by atoms with Gasteiger partial charge in [0, 0.05) is 0 Å². The number of halogens is 5. The van der Waals surface area contributed by atoms with Crippen molar-refractivity contribution in [3.8, 4) is 0 Å². The van der Waals surface area contributed by atoms with Crippen LogP contribution in [0.4, 0.5) is 19.4 Å². The molecule has 2 rings (SSSR count). The molecule has 1 aliphatic carbocycles. The van der Waals surface area contributed by atoms with Gasteiger partial charge in [0.25, 0.3) is 0 Å². The van der Waals surface area contributed by atoms with Gasteiger partial charge in [-0.05, 0) is 17.4 Å². The Morgan fingerprint density at radius 3 is 2.40 bits per heavy atom. The van der Waals surface area contributed by atoms with E-state index in [2.05, 4.69) is 15.4 Å². The number of hydrogen-bond acceptors (Lipinski definition) is 3. The van der Waals surface area contributed by atoms with Gasteiger partial charge < -0.3 is 0 Å². The molecule has 0 amide bonds. The third kappa shape index (κ3) is 1.91. The van der Waals surface area contributed by atoms with Crippen molar-refractivity contribution in [2.24, 2.45) is 15.4 Å². The second-order valence-corrected chi connectivity index (χ2v) is 5.46. The topological polar surface area (TPSA) is 37.1 Å². The van der Waals surface area contributed by atoms with E-state index in [1.54, 1.807) is 0 Å². The molecule has 1 aliphatic heterocycles. The Bertz CT molecular complexity index is 442. The van der Waals surface area contributed by atoms with Crippen molar-refractivity contribution in [2.45, 2.75) is 6.04 Å². The molecule has 0 saturated heterocycles. The van der Waals surface area contributed by atoms with E-state index in [0.717, 1.165) is 6.08 Å². The molecule has 0 radical (unpaired) electrons. The summed E-state index contributed by atoms with van der Waals surface area (Å²) in [6.07, 6.45) is 1.49. The summed E-state index contributed by atoms with van der Waals surface area (Å²) in [5.74, 6) is 0. The SMILES string of the molecule is FS(F)(F)(F)(F)C1=CC2=NN=N[C@@H]2C=C1. The van der Waals surface area contributed by atoms with Crippen LogP contribution < -0.4 is 0 Å². The fourth-order valence-electron chi connectivity index (χ4n) is 1.12. The van der Waals surface area contributed by atoms with Crippen molar-refractivity contribution >= 4 is 15.9 Å². The molecule has 0 aromatic carbocycles. The summed E-state index contributed by atoms with van der Waals surface area (Å²) < 4.78 is 61.6. The summed E-state index contributed by atoms with van der Waals surface area (Å²) in [4.78, 5) is -1.96. The molecule has 1 heterocycles. The van der Waals surface area contributed by atoms with Crippen molar-refractivity contribution in [1.82, 2.24) is 0 Å². The Hall–Kier alpha value is -1.25. The van der Waals surface area contributed by atoms with Crippen LogP contribution in [0.25, 0.3) is 0 Å². The highest BCUT2D eigenvalue weighted by Crippen LogP contribution is 3.02. The van der Waals surface area contributed by atoms with Gasteiger partial charge >= 0.3 is 10.2 Å². The van der Waals surface area contributed by atoms with Crippen LogP contribution in [-0.2, 0) is 0 Å². The normalized spacial score (nSPS) is 29.0. The highest BCUT2D eigenvalue weighted by atomic mass is 32.5. The molecule has 84 valence electrons. The molecule has 3 nitrogen and oxygen atoms in total. The lowest BCUT2D eigenvalue weighted by atomic mass is 10.1. The van der Waals surface area contributed by atoms with Crippen molar-refractivity contribution in [3.05, 3.63) is 23.1 Å². The summed E-state index contributed by atoms with van der Waals surface area (Å²) >= 11 is 0. The highest BCUT2D eigenvalue weighted by Gasteiger charge is 2.66. The molecule has 0 N–H and O–H groups in total. The number of nitrogens with zero attached hydrogens (tertiary/aromatic N) is 3. The standard InChI is InChI=1S/C6H4F5N3S/c7-15(8,9,10,11)4-1-2-5-6(3-4)13-14-12-5/h1-3,5H/t5-/m1/s1. The van der Waals surface area contributed by atoms with E-state index in [1.807, 2.05) is 0 Å². The van der Waals surface area contributed by atoms with E-state index >= 15 is 0 Å². The second kappa shape index (κ2) is 2.13. The molecule has 15 heavy (non-hydrogen) atoms. The number of hydrogen-bond donors (Lipinski definition) is 0. The zero-order valence-electron chi connectivity index (χ0n) is 6.95. The quantitative estimate of drug-likeness (QED) is 0.628. The van der Waals surface area contributed by atoms with E-state index in [4.69, 9.17) is 0 Å². The fourth-order valence-corrected chi connectivity index (χ4v) is 1.80. The molecule has 0 spiro atoms. The first-order chi connectivity index (χ1) is 6.56. The first-order valence-electron chi connectivity index (χ1n) is 3.68. The molecule has 0 aromatic heterocycles. The van der Waals surface area contributed by atoms with E-state index in [9.17, 15) is 19.4 Å². The minimum atomic E-state index is -9.61. The van der Waals surface area contributed by atoms with Crippen molar-refractivity contribution < 1.29 is 19.4 Å². The van der Waals surface area contributed by atoms with Gasteiger partial charge in [-0.3, -0.25) is 0 Å². The van der Waals surface area contributed by atoms with Crippen molar-refractivity contribution in [1.29, 1.82) is 0 Å². The van der Waals surface area contributed by atoms with Gasteiger partial charge in [0.2, 0.25) is 0 Å². The average molecular weight is 245 g/mol. The van der Waals surface area contributed by atoms with Crippen LogP contribution in [0.1, 0.15) is 0 Å². The van der Waals surface area contributed by atoms with Crippen LogP contribution >= 0.6 is 10.2 Å². The summed E-state index contributed by atoms with van der Waals surface area (Å²) in [6.45, 7) is 0. The van der Waals surface area contributed by atoms with Gasteiger partial charge in [-0.1, -0.05) is 25.5 Å². The zero-order chi connectivity index (χ0) is 11.4. The smallest absolute Gasteiger partial charge is 0.155 e. The predicted octanol–water partition coefficient (Wildman–Crippen LogP) is 3.93. The number of rotatable bonds is 1. The van der Waals surface area contributed by atoms with E-state index in [1.165, 1.54) is 0 Å². The Labute approximate surface area is 80.8 Å². The molecule has 0 aromatic rings. The summed E-state index contributed by atoms with van der Waals surface area (Å²) in [5, 5.41) is 9.73. The lowest BCUT2D eigenvalue weighted by molar-refractivity contribution is 0.380. The molecule has 0 fully saturated rings. The van der Waals surface area contributed by atoms with Gasteiger partial charge in [-0.2, -0.15) is 5.11 Å². The molecule has 0 unspecified atom stereocenters. The molecule has 0 bridgehead atoms. The molecular formula is C6H4F5N3S. The zero-order valence-corrected chi connectivity index (χ0v) is 7.77. The van der Waals surface area contributed by atoms with Gasteiger partial charge in [0.1, 0.15) is 10.9 Å². The van der Waals surface area contributed by atoms with Crippen molar-refractivity contribution in [3.63, 3.8) is 0 Å². The van der Waals surface area contributed by atoms with Crippen LogP contribution in [0.2, 0.25) is 0 Å². The lowest BCUT2D eigenvalue weighted by Crippen LogP contribution is -2.18. The second-order valence-electron chi connectivity index (χ2n) is 3.05. The highest BCUT2D eigenvalue weighted by molar-refractivity contribution is 8.48. The largest absolute Gasteiger partial charge is 0.310 e. The molecule has 9 heteroatoms. The summed E-state index contributed by atoms with van der Waals surface area (Å²) in [7, 11) is -9.61. The van der Waals surface area contributed by atoms with Gasteiger partial charge in [0.15, 0.2) is 0 Å². The van der Waals surface area contributed by atoms with E-state index in [-0.39, 0.29) is 11.8 Å². The van der Waals surface area contributed by atoms with Crippen LogP contribution in [0, 0.1) is 0 Å². The number of allylic oxidation sites excluding steroid dienone is 1. The maximum absolute atomic E-state index is 12.3. The fraction of sp³-hybridized carbons (Fsp3) is 0.167. The van der Waals surface area contributed by atoms with Crippen LogP contribution in [-0.4, -0.2) is 11.8 Å². The monoisotopic (exact) mass is 245 g/mol. The molecule has 1 atom stereocenters. The first-order valence-corrected chi connectivity index (χ1v) is 5.63. The minimum Gasteiger partial charge on any atom is -0.155 e. The third-order valence-corrected chi connectivity index (χ3v) is 2.96. The number of fused-ring (bicyclic) bond motifs is 1. The van der Waals surface area contributed by atoms with Gasteiger partial charge in [-0.15, -0.1) is 5.10 Å². The van der Waals surface area contributed by atoms with Crippen LogP contribution in [0.15, 0.2) is 38.6 Å². The summed E-state index contributed by atoms with van der Waals surface area (Å²) in [6, 6.07) is -0.770. The first kappa shape index (κ1) is 10.3. The molecule has 2 aliphatic rings. The Morgan fingerprint density at radius 1 is 1.13 bits per heavy atom. The Kier molecular flexibility index (Phi) is 1.46. The van der Waals surface area contributed by atoms with E-state index in [0.29, 0.717) is 6.08 Å². The molecular weight excluding hydrogens is 241 g/mol. The molecule has 0 saturated carbocycles. The summed E-state index contributed by atoms with van der Waals surface area (Å²) in [5.41, 5.74) is -0.222. The van der Waals surface area contributed by atoms with E-state index < -0.39 is 21.2 Å². The third-order valence-electron chi connectivity index (χ3n) is 1.82. The Morgan fingerprint density at radius 2 is 1.80 bits per heavy atom. The van der Waals surface area contributed by atoms with Crippen LogP contribution in [0.3, 0.4) is 0 Å². The van der Waals surface area contributed by atoms with Gasteiger partial charge in [0.05, 0.1) is 5.71 Å². The van der Waals surface area contributed by atoms with Crippen molar-refractivity contribution in [2.75, 3.05) is 0 Å². The minimum absolute atomic E-state index is 0.222. The maximum atomic E-state index is 12.3. The Balaban J connectivity index is 2.49. The van der Waals surface area contributed by atoms with Crippen LogP contribution in [0.5, 0.6) is 0 Å².